The summed E-state index contributed by atoms with van der Waals surface area (Å²) in [6.45, 7) is 14.0. The number of ether oxygens (including phenoxy) is 1. The first kappa shape index (κ1) is 80.7. The topological polar surface area (TPSA) is 379 Å². The molecule has 124 heavy (non-hydrogen) atoms. The highest BCUT2D eigenvalue weighted by molar-refractivity contribution is 6.14. The van der Waals surface area contributed by atoms with Crippen molar-refractivity contribution in [3.63, 3.8) is 0 Å². The summed E-state index contributed by atoms with van der Waals surface area (Å²) in [4.78, 5) is 102. The van der Waals surface area contributed by atoms with Crippen molar-refractivity contribution in [2.75, 3.05) is 52.8 Å². The van der Waals surface area contributed by atoms with E-state index in [0.717, 1.165) is 163 Å². The van der Waals surface area contributed by atoms with Crippen LogP contribution in [0.5, 0.6) is 11.5 Å². The van der Waals surface area contributed by atoms with Gasteiger partial charge in [0.2, 0.25) is 5.91 Å². The van der Waals surface area contributed by atoms with E-state index < -0.39 is 0 Å². The van der Waals surface area contributed by atoms with Crippen LogP contribution < -0.4 is 31.3 Å². The predicted molar refractivity (Wildman–Crippen MR) is 477 cm³/mol. The molecule has 0 radical (unpaired) electrons. The summed E-state index contributed by atoms with van der Waals surface area (Å²) in [6.07, 6.45) is 26.6. The molecule has 2 saturated heterocycles. The number of H-pyrrole nitrogens is 4. The molecule has 12 aromatic heterocycles. The van der Waals surface area contributed by atoms with E-state index in [-0.39, 0.29) is 35.5 Å². The van der Waals surface area contributed by atoms with Crippen LogP contribution in [0.25, 0.3) is 88.1 Å². The maximum Gasteiger partial charge on any atom is 0.276 e. The van der Waals surface area contributed by atoms with Crippen molar-refractivity contribution in [1.82, 2.24) is 90.5 Å². The maximum atomic E-state index is 12.8. The second-order valence-corrected chi connectivity index (χ2v) is 30.7. The first-order valence-corrected chi connectivity index (χ1v) is 40.7. The molecule has 5 aromatic carbocycles. The third-order valence-electron chi connectivity index (χ3n) is 21.3. The first-order valence-electron chi connectivity index (χ1n) is 40.7. The molecule has 9 N–H and O–H groups in total. The van der Waals surface area contributed by atoms with Crippen molar-refractivity contribution in [2.45, 2.75) is 72.9 Å². The van der Waals surface area contributed by atoms with Gasteiger partial charge in [0.25, 0.3) is 23.6 Å². The van der Waals surface area contributed by atoms with Gasteiger partial charge in [-0.15, -0.1) is 0 Å². The number of pyridine rings is 8. The van der Waals surface area contributed by atoms with E-state index >= 15 is 0 Å². The maximum absolute atomic E-state index is 12.8. The molecule has 29 heteroatoms. The van der Waals surface area contributed by atoms with Crippen LogP contribution in [0, 0.1) is 33.6 Å². The molecule has 616 valence electrons. The van der Waals surface area contributed by atoms with E-state index in [1.807, 2.05) is 210 Å². The Morgan fingerprint density at radius 2 is 0.677 bits per heavy atom. The highest BCUT2D eigenvalue weighted by Gasteiger charge is 2.30. The number of fused-ring (bicyclic) bond motifs is 4. The Balaban J connectivity index is 0.000000117. The highest BCUT2D eigenvalue weighted by atomic mass is 16.5. The molecule has 1 aliphatic carbocycles. The average molecular weight is 1640 g/mol. The lowest BCUT2D eigenvalue weighted by molar-refractivity contribution is -0.117. The fourth-order valence-corrected chi connectivity index (χ4v) is 14.4. The Hall–Kier alpha value is -15.8. The summed E-state index contributed by atoms with van der Waals surface area (Å²) in [7, 11) is 0. The van der Waals surface area contributed by atoms with Crippen molar-refractivity contribution >= 4 is 102 Å². The van der Waals surface area contributed by atoms with Crippen LogP contribution in [0.3, 0.4) is 0 Å². The standard InChI is InChI=1S/C25H19N5O2.C24H24N6O.C23H20N6O2.C23H22N6O/c1-16-7-9-19(14-27-16)28-25(31)24-22-12-17(8-10-23(22)29-30-24)18-11-21(15-26-13-18)32-20-5-3-2-4-6-20;1-16-4-6-20(14-26-16)27-24(31)23-21-11-18(5-7-22(21)28-29-23)19-10-17(12-25-13-19)15-30-8-2-3-9-30;1-13-2-6-17(12-25-13)26-23(31)21-19-9-15(5-7-20(19)28-29-21)16-8-18(11-24-10-16)27-22(30)14-3-4-14;1-15-3-5-19(13-25-15)26-23(30)22-20-10-17(4-6-21(20)27-28-22)18-9-16(11-24-12-18)14-29-7-2-8-29/h2-15H,1H3,(H,28,31)(H,29,30);4-7,10-14H,2-3,8-9,15H2,1H3,(H,27,31)(H,28,29);2,5-12,14H,3-4H2,1H3,(H,26,31)(H,27,30)(H,28,29);3-6,9-13H,2,7-8,14H2,1H3,(H,26,30)(H,27,28). The minimum absolute atomic E-state index is 0.0359. The van der Waals surface area contributed by atoms with Crippen LogP contribution in [0.15, 0.2) is 250 Å². The molecule has 3 aliphatic rings. The van der Waals surface area contributed by atoms with Crippen molar-refractivity contribution in [3.05, 3.63) is 307 Å². The number of benzene rings is 5. The number of anilines is 5. The van der Waals surface area contributed by atoms with Crippen LogP contribution in [0.2, 0.25) is 0 Å². The van der Waals surface area contributed by atoms with Gasteiger partial charge >= 0.3 is 0 Å². The Morgan fingerprint density at radius 1 is 0.331 bits per heavy atom. The van der Waals surface area contributed by atoms with Crippen molar-refractivity contribution in [2.24, 2.45) is 5.92 Å². The van der Waals surface area contributed by atoms with Gasteiger partial charge in [-0.1, -0.05) is 42.5 Å². The molecule has 0 unspecified atom stereocenters. The number of nitrogens with zero attached hydrogens (tertiary/aromatic N) is 14. The zero-order chi connectivity index (χ0) is 85.0. The van der Waals surface area contributed by atoms with E-state index in [4.69, 9.17) is 4.74 Å². The fraction of sp³-hybridized carbons (Fsp3) is 0.168. The van der Waals surface area contributed by atoms with Gasteiger partial charge in [0.05, 0.1) is 87.7 Å². The Labute approximate surface area is 711 Å². The van der Waals surface area contributed by atoms with Crippen LogP contribution in [-0.4, -0.2) is 146 Å². The zero-order valence-corrected chi connectivity index (χ0v) is 68.2. The van der Waals surface area contributed by atoms with Crippen LogP contribution in [0.4, 0.5) is 28.4 Å². The van der Waals surface area contributed by atoms with E-state index in [1.54, 1.807) is 55.6 Å². The largest absolute Gasteiger partial charge is 0.456 e. The van der Waals surface area contributed by atoms with Gasteiger partial charge < -0.3 is 31.3 Å². The van der Waals surface area contributed by atoms with Gasteiger partial charge in [0, 0.05) is 123 Å². The molecule has 2 aliphatic heterocycles. The number of rotatable bonds is 20. The van der Waals surface area contributed by atoms with Crippen LogP contribution in [0.1, 0.15) is 108 Å². The molecule has 20 rings (SSSR count). The number of aromatic amines is 4. The lowest BCUT2D eigenvalue weighted by atomic mass is 10.0. The smallest absolute Gasteiger partial charge is 0.276 e. The molecular formula is C95H85N23O6. The van der Waals surface area contributed by atoms with Crippen molar-refractivity contribution in [3.8, 4) is 56.0 Å². The van der Waals surface area contributed by atoms with Gasteiger partial charge in [-0.05, 0) is 253 Å². The van der Waals surface area contributed by atoms with E-state index in [2.05, 4.69) is 129 Å². The van der Waals surface area contributed by atoms with Gasteiger partial charge in [0.1, 0.15) is 11.5 Å². The minimum atomic E-state index is -0.322. The quantitative estimate of drug-likeness (QED) is 0.0342. The molecule has 3 fully saturated rings. The lowest BCUT2D eigenvalue weighted by Crippen LogP contribution is -2.36. The third kappa shape index (κ3) is 19.7. The molecule has 17 aromatic rings. The Kier molecular flexibility index (Phi) is 24.0. The summed E-state index contributed by atoms with van der Waals surface area (Å²) in [5, 5.41) is 45.9. The first-order chi connectivity index (χ1) is 60.5. The highest BCUT2D eigenvalue weighted by Crippen LogP contribution is 2.35. The van der Waals surface area contributed by atoms with Gasteiger partial charge in [-0.3, -0.25) is 94.0 Å². The van der Waals surface area contributed by atoms with Gasteiger partial charge in [0.15, 0.2) is 22.8 Å². The summed E-state index contributed by atoms with van der Waals surface area (Å²) in [5.74, 6) is 0.358. The lowest BCUT2D eigenvalue weighted by Gasteiger charge is -2.30. The van der Waals surface area contributed by atoms with Gasteiger partial charge in [-0.2, -0.15) is 20.4 Å². The molecule has 5 amide bonds. The fourth-order valence-electron chi connectivity index (χ4n) is 14.4. The molecule has 1 saturated carbocycles. The SMILES string of the molecule is Cc1ccc(NC(=O)c2n[nH]c3ccc(-c4cncc(CN5CCC5)c4)cc23)cn1.Cc1ccc(NC(=O)c2n[nH]c3ccc(-c4cncc(CN5CCCC5)c4)cc23)cn1.Cc1ccc(NC(=O)c2n[nH]c3ccc(-c4cncc(NC(=O)C5CC5)c4)cc23)cn1.Cc1ccc(NC(=O)c2n[nH]c3ccc(-c4cncc(Oc5ccccc5)c4)cc23)cn1. The van der Waals surface area contributed by atoms with Crippen LogP contribution in [-0.2, 0) is 17.9 Å². The molecule has 0 bridgehead atoms. The number of hydrogen-bond donors (Lipinski definition) is 9. The summed E-state index contributed by atoms with van der Waals surface area (Å²) in [5.41, 5.74) is 21.1. The molecule has 0 spiro atoms. The number of carbonyl (C=O) groups excluding carboxylic acids is 5. The second-order valence-electron chi connectivity index (χ2n) is 30.7. The van der Waals surface area contributed by atoms with E-state index in [1.165, 1.54) is 30.4 Å². The monoisotopic (exact) mass is 1640 g/mol. The van der Waals surface area contributed by atoms with E-state index in [9.17, 15) is 24.0 Å². The van der Waals surface area contributed by atoms with Crippen molar-refractivity contribution < 1.29 is 28.7 Å². The number of hydrogen-bond acceptors (Lipinski definition) is 20. The number of nitrogens with one attached hydrogen (secondary N) is 9. The molecule has 0 atom stereocenters. The summed E-state index contributed by atoms with van der Waals surface area (Å²) < 4.78 is 5.90. The Morgan fingerprint density at radius 3 is 1.02 bits per heavy atom. The van der Waals surface area contributed by atoms with Crippen molar-refractivity contribution in [1.29, 1.82) is 0 Å². The number of likely N-dealkylation sites (tertiary alicyclic amines) is 2. The average Bonchev–Trinajstić information content (AvgIpc) is 1.65. The Bertz CT molecular complexity index is 6740. The molecule has 29 nitrogen and oxygen atoms in total. The number of carbonyl (C=O) groups is 5. The molecule has 14 heterocycles. The number of aryl methyl sites for hydroxylation is 4. The predicted octanol–water partition coefficient (Wildman–Crippen LogP) is 17.3. The normalized spacial score (nSPS) is 13.0. The minimum Gasteiger partial charge on any atom is -0.456 e. The summed E-state index contributed by atoms with van der Waals surface area (Å²) in [6, 6.07) is 55.8. The molecular weight excluding hydrogens is 1560 g/mol. The number of para-hydroxylation sites is 1. The zero-order valence-electron chi connectivity index (χ0n) is 68.2. The van der Waals surface area contributed by atoms with Crippen LogP contribution >= 0.6 is 0 Å². The summed E-state index contributed by atoms with van der Waals surface area (Å²) >= 11 is 0. The van der Waals surface area contributed by atoms with E-state index in [0.29, 0.717) is 62.3 Å². The number of amides is 5. The third-order valence-corrected chi connectivity index (χ3v) is 21.3. The van der Waals surface area contributed by atoms with Gasteiger partial charge in [-0.25, -0.2) is 0 Å². The second kappa shape index (κ2) is 36.9. The number of aromatic nitrogens is 16.